The zero-order valence-corrected chi connectivity index (χ0v) is 17.5. The molecule has 2 aliphatic rings. The zero-order chi connectivity index (χ0) is 22.0. The number of nitrogens with one attached hydrogen (secondary N) is 1. The topological polar surface area (TPSA) is 87.4 Å². The summed E-state index contributed by atoms with van der Waals surface area (Å²) in [6.07, 6.45) is 7.15. The predicted octanol–water partition coefficient (Wildman–Crippen LogP) is 3.23. The maximum absolute atomic E-state index is 14.4. The molecule has 1 amide bonds. The Bertz CT molecular complexity index is 984. The molecule has 1 saturated heterocycles. The fourth-order valence-electron chi connectivity index (χ4n) is 4.10. The third kappa shape index (κ3) is 4.71. The van der Waals surface area contributed by atoms with Gasteiger partial charge >= 0.3 is 0 Å². The largest absolute Gasteiger partial charge is 0.381 e. The van der Waals surface area contributed by atoms with E-state index in [1.807, 2.05) is 12.2 Å². The summed E-state index contributed by atoms with van der Waals surface area (Å²) in [7, 11) is 0. The summed E-state index contributed by atoms with van der Waals surface area (Å²) in [6.45, 7) is 1.50. The van der Waals surface area contributed by atoms with E-state index < -0.39 is 17.7 Å². The molecule has 3 heterocycles. The molecular formula is C21H23ClF2N6O. The zero-order valence-electron chi connectivity index (χ0n) is 16.8. The van der Waals surface area contributed by atoms with Gasteiger partial charge in [-0.1, -0.05) is 23.8 Å². The molecule has 4 rings (SSSR count). The smallest absolute Gasteiger partial charge is 0.245 e. The van der Waals surface area contributed by atoms with E-state index in [4.69, 9.17) is 17.3 Å². The Morgan fingerprint density at radius 2 is 2.03 bits per heavy atom. The van der Waals surface area contributed by atoms with Gasteiger partial charge in [0, 0.05) is 36.4 Å². The predicted molar refractivity (Wildman–Crippen MR) is 116 cm³/mol. The van der Waals surface area contributed by atoms with Gasteiger partial charge in [0.2, 0.25) is 11.7 Å². The second-order valence-electron chi connectivity index (χ2n) is 7.69. The number of rotatable bonds is 4. The molecule has 1 aromatic heterocycles. The number of hydrogen-bond acceptors (Lipinski definition) is 6. The van der Waals surface area contributed by atoms with Crippen molar-refractivity contribution in [3.05, 3.63) is 53.3 Å². The molecule has 0 radical (unpaired) electrons. The summed E-state index contributed by atoms with van der Waals surface area (Å²) >= 11 is 5.94. The summed E-state index contributed by atoms with van der Waals surface area (Å²) < 4.78 is 28.1. The van der Waals surface area contributed by atoms with E-state index in [2.05, 4.69) is 15.3 Å². The van der Waals surface area contributed by atoms with Crippen LogP contribution in [0.15, 0.2) is 36.7 Å². The van der Waals surface area contributed by atoms with Crippen LogP contribution in [0.25, 0.3) is 0 Å². The summed E-state index contributed by atoms with van der Waals surface area (Å²) in [5.41, 5.74) is 6.04. The Morgan fingerprint density at radius 3 is 2.84 bits per heavy atom. The van der Waals surface area contributed by atoms with Gasteiger partial charge in [-0.15, -0.1) is 0 Å². The van der Waals surface area contributed by atoms with Crippen molar-refractivity contribution < 1.29 is 13.6 Å². The molecule has 1 aromatic carbocycles. The molecule has 0 aliphatic carbocycles. The molecule has 31 heavy (non-hydrogen) atoms. The number of carbonyl (C=O) groups excluding carboxylic acids is 1. The number of halogens is 3. The summed E-state index contributed by atoms with van der Waals surface area (Å²) in [5, 5.41) is 3.36. The quantitative estimate of drug-likeness (QED) is 0.698. The molecule has 0 spiro atoms. The number of nitrogen functional groups attached to an aromatic ring is 1. The SMILES string of the molecule is Nc1ncnc(N2CCCC(N3CC=CCC(Nc4cc(F)cc(Cl)c4)C3=O)C2)c1F. The first-order valence-electron chi connectivity index (χ1n) is 10.1. The number of nitrogens with two attached hydrogens (primary N) is 1. The van der Waals surface area contributed by atoms with Crippen LogP contribution in [-0.2, 0) is 4.79 Å². The highest BCUT2D eigenvalue weighted by atomic mass is 35.5. The second kappa shape index (κ2) is 9.05. The highest BCUT2D eigenvalue weighted by molar-refractivity contribution is 6.30. The van der Waals surface area contributed by atoms with Crippen molar-refractivity contribution in [3.8, 4) is 0 Å². The van der Waals surface area contributed by atoms with Crippen molar-refractivity contribution in [1.82, 2.24) is 14.9 Å². The molecule has 164 valence electrons. The standard InChI is InChI=1S/C21H23ClF2N6O/c22-13-8-14(23)10-15(9-13)28-17-5-1-2-7-30(21(17)31)16-4-3-6-29(11-16)20-18(24)19(25)26-12-27-20/h1-2,8-10,12,16-17,28H,3-7,11H2,(H2,25,26,27). The first kappa shape index (κ1) is 21.3. The van der Waals surface area contributed by atoms with Crippen molar-refractivity contribution in [1.29, 1.82) is 0 Å². The third-order valence-corrected chi connectivity index (χ3v) is 5.78. The van der Waals surface area contributed by atoms with Gasteiger partial charge in [-0.25, -0.2) is 14.4 Å². The van der Waals surface area contributed by atoms with Crippen molar-refractivity contribution in [2.24, 2.45) is 0 Å². The maximum atomic E-state index is 14.4. The van der Waals surface area contributed by atoms with Crippen LogP contribution in [0.3, 0.4) is 0 Å². The number of anilines is 3. The third-order valence-electron chi connectivity index (χ3n) is 5.56. The van der Waals surface area contributed by atoms with E-state index in [1.165, 1.54) is 18.5 Å². The van der Waals surface area contributed by atoms with E-state index in [-0.39, 0.29) is 28.6 Å². The van der Waals surface area contributed by atoms with Gasteiger partial charge in [0.25, 0.3) is 0 Å². The summed E-state index contributed by atoms with van der Waals surface area (Å²) in [4.78, 5) is 24.7. The summed E-state index contributed by atoms with van der Waals surface area (Å²) in [6, 6.07) is 3.42. The lowest BCUT2D eigenvalue weighted by Crippen LogP contribution is -2.53. The Balaban J connectivity index is 1.51. The van der Waals surface area contributed by atoms with E-state index in [0.717, 1.165) is 12.8 Å². The van der Waals surface area contributed by atoms with Crippen molar-refractivity contribution >= 4 is 34.8 Å². The van der Waals surface area contributed by atoms with Crippen LogP contribution < -0.4 is 16.0 Å². The molecule has 10 heteroatoms. The van der Waals surface area contributed by atoms with Gasteiger partial charge in [0.1, 0.15) is 18.2 Å². The van der Waals surface area contributed by atoms with Crippen molar-refractivity contribution in [2.45, 2.75) is 31.3 Å². The normalized spacial score (nSPS) is 21.8. The number of amides is 1. The lowest BCUT2D eigenvalue weighted by Gasteiger charge is -2.40. The average molecular weight is 449 g/mol. The highest BCUT2D eigenvalue weighted by Crippen LogP contribution is 2.27. The van der Waals surface area contributed by atoms with Crippen LogP contribution in [0, 0.1) is 11.6 Å². The van der Waals surface area contributed by atoms with E-state index in [1.54, 1.807) is 15.9 Å². The lowest BCUT2D eigenvalue weighted by atomic mass is 10.0. The number of nitrogens with zero attached hydrogens (tertiary/aromatic N) is 4. The van der Waals surface area contributed by atoms with E-state index in [0.29, 0.717) is 31.7 Å². The van der Waals surface area contributed by atoms with Crippen LogP contribution in [0.5, 0.6) is 0 Å². The fourth-order valence-corrected chi connectivity index (χ4v) is 4.32. The van der Waals surface area contributed by atoms with Crippen LogP contribution in [0.1, 0.15) is 19.3 Å². The van der Waals surface area contributed by atoms with Gasteiger partial charge < -0.3 is 20.9 Å². The Morgan fingerprint density at radius 1 is 1.19 bits per heavy atom. The average Bonchev–Trinajstić information content (AvgIpc) is 2.91. The number of hydrogen-bond donors (Lipinski definition) is 2. The molecule has 2 atom stereocenters. The van der Waals surface area contributed by atoms with Crippen molar-refractivity contribution in [2.75, 3.05) is 35.6 Å². The minimum absolute atomic E-state index is 0.0973. The van der Waals surface area contributed by atoms with E-state index >= 15 is 0 Å². The van der Waals surface area contributed by atoms with Crippen LogP contribution in [0.4, 0.5) is 26.1 Å². The van der Waals surface area contributed by atoms with Crippen molar-refractivity contribution in [3.63, 3.8) is 0 Å². The van der Waals surface area contributed by atoms with Gasteiger partial charge in [-0.2, -0.15) is 4.39 Å². The fraction of sp³-hybridized carbons (Fsp3) is 0.381. The molecule has 3 N–H and O–H groups in total. The van der Waals surface area contributed by atoms with Crippen LogP contribution >= 0.6 is 11.6 Å². The molecule has 2 aromatic rings. The monoisotopic (exact) mass is 448 g/mol. The first-order valence-corrected chi connectivity index (χ1v) is 10.5. The van der Waals surface area contributed by atoms with Gasteiger partial charge in [-0.05, 0) is 37.5 Å². The number of piperidine rings is 1. The van der Waals surface area contributed by atoms with Gasteiger partial charge in [0.05, 0.1) is 0 Å². The van der Waals surface area contributed by atoms with E-state index in [9.17, 15) is 13.6 Å². The number of aromatic nitrogens is 2. The van der Waals surface area contributed by atoms with Crippen LogP contribution in [0.2, 0.25) is 5.02 Å². The molecular weight excluding hydrogens is 426 g/mol. The Labute approximate surface area is 183 Å². The molecule has 2 aliphatic heterocycles. The second-order valence-corrected chi connectivity index (χ2v) is 8.13. The molecule has 2 unspecified atom stereocenters. The van der Waals surface area contributed by atoms with Gasteiger partial charge in [-0.3, -0.25) is 4.79 Å². The van der Waals surface area contributed by atoms with Crippen LogP contribution in [-0.4, -0.2) is 52.5 Å². The number of carbonyl (C=O) groups is 1. The lowest BCUT2D eigenvalue weighted by molar-refractivity contribution is -0.133. The molecule has 0 bridgehead atoms. The Kier molecular flexibility index (Phi) is 6.22. The first-order chi connectivity index (χ1) is 14.9. The minimum atomic E-state index is -0.646. The molecule has 0 saturated carbocycles. The summed E-state index contributed by atoms with van der Waals surface area (Å²) in [5.74, 6) is -1.26. The number of benzene rings is 1. The Hall–Kier alpha value is -2.94. The van der Waals surface area contributed by atoms with Gasteiger partial charge in [0.15, 0.2) is 11.6 Å². The maximum Gasteiger partial charge on any atom is 0.245 e. The molecule has 1 fully saturated rings. The highest BCUT2D eigenvalue weighted by Gasteiger charge is 2.34. The minimum Gasteiger partial charge on any atom is -0.381 e. The molecule has 7 nitrogen and oxygen atoms in total.